The van der Waals surface area contributed by atoms with Crippen molar-refractivity contribution in [1.82, 2.24) is 9.97 Å². The van der Waals surface area contributed by atoms with Gasteiger partial charge in [-0.25, -0.2) is 31.6 Å². The number of carbonyl (C=O) groups excluding carboxylic acids is 1. The van der Waals surface area contributed by atoms with Crippen molar-refractivity contribution in [1.29, 1.82) is 0 Å². The number of hydrogen-bond donors (Lipinski definition) is 3. The number of fused-ring (bicyclic) bond motifs is 1. The van der Waals surface area contributed by atoms with Crippen LogP contribution in [0.25, 0.3) is 10.2 Å². The van der Waals surface area contributed by atoms with E-state index in [1.54, 1.807) is 6.92 Å². The van der Waals surface area contributed by atoms with E-state index in [9.17, 15) is 26.4 Å². The van der Waals surface area contributed by atoms with E-state index in [2.05, 4.69) is 15.3 Å². The Bertz CT molecular complexity index is 1310. The molecule has 0 spiro atoms. The topological polar surface area (TPSA) is 113 Å². The highest BCUT2D eigenvalue weighted by molar-refractivity contribution is 7.92. The first kappa shape index (κ1) is 22.3. The molecule has 1 aromatic carbocycles. The molecular formula is C19H18F3N5O3S2. The molecule has 3 N–H and O–H groups in total. The summed E-state index contributed by atoms with van der Waals surface area (Å²) in [6, 6.07) is 0.689. The SMILES string of the molecule is CCCS(=O)(=O)Nc1cc(F)c(F)c(NC(=O)c2csc3c(NC4CC4)ncnc23)c1F. The summed E-state index contributed by atoms with van der Waals surface area (Å²) >= 11 is 1.18. The summed E-state index contributed by atoms with van der Waals surface area (Å²) in [5.74, 6) is -5.34. The van der Waals surface area contributed by atoms with Crippen LogP contribution in [0.15, 0.2) is 17.8 Å². The molecule has 1 fully saturated rings. The Hall–Kier alpha value is -2.93. The Morgan fingerprint density at radius 1 is 1.22 bits per heavy atom. The quantitative estimate of drug-likeness (QED) is 0.415. The van der Waals surface area contributed by atoms with Gasteiger partial charge in [0.15, 0.2) is 17.5 Å². The predicted octanol–water partition coefficient (Wildman–Crippen LogP) is 4.09. The van der Waals surface area contributed by atoms with Gasteiger partial charge in [0, 0.05) is 17.5 Å². The Morgan fingerprint density at radius 3 is 2.66 bits per heavy atom. The summed E-state index contributed by atoms with van der Waals surface area (Å²) in [7, 11) is -3.98. The van der Waals surface area contributed by atoms with Crippen molar-refractivity contribution < 1.29 is 26.4 Å². The molecule has 0 unspecified atom stereocenters. The second-order valence-electron chi connectivity index (χ2n) is 7.25. The van der Waals surface area contributed by atoms with E-state index < -0.39 is 44.8 Å². The number of rotatable bonds is 8. The van der Waals surface area contributed by atoms with Crippen molar-refractivity contribution in [3.05, 3.63) is 40.8 Å². The van der Waals surface area contributed by atoms with Crippen LogP contribution in [0.4, 0.5) is 30.4 Å². The van der Waals surface area contributed by atoms with Gasteiger partial charge in [0.1, 0.15) is 17.8 Å². The van der Waals surface area contributed by atoms with Crippen LogP contribution in [0.1, 0.15) is 36.5 Å². The summed E-state index contributed by atoms with van der Waals surface area (Å²) in [5, 5.41) is 6.68. The lowest BCUT2D eigenvalue weighted by Crippen LogP contribution is -2.20. The lowest BCUT2D eigenvalue weighted by Gasteiger charge is -2.13. The van der Waals surface area contributed by atoms with Crippen molar-refractivity contribution in [3.63, 3.8) is 0 Å². The van der Waals surface area contributed by atoms with E-state index in [1.165, 1.54) is 23.0 Å². The number of sulfonamides is 1. The number of thiophene rings is 1. The lowest BCUT2D eigenvalue weighted by atomic mass is 10.2. The van der Waals surface area contributed by atoms with Crippen molar-refractivity contribution in [3.8, 4) is 0 Å². The summed E-state index contributed by atoms with van der Waals surface area (Å²) in [6.45, 7) is 1.59. The molecule has 3 aromatic rings. The molecule has 0 saturated heterocycles. The van der Waals surface area contributed by atoms with E-state index >= 15 is 0 Å². The van der Waals surface area contributed by atoms with E-state index in [4.69, 9.17) is 0 Å². The van der Waals surface area contributed by atoms with Crippen LogP contribution < -0.4 is 15.4 Å². The van der Waals surface area contributed by atoms with E-state index in [0.29, 0.717) is 22.6 Å². The average molecular weight is 486 g/mol. The fourth-order valence-electron chi connectivity index (χ4n) is 2.99. The van der Waals surface area contributed by atoms with Gasteiger partial charge in [-0.3, -0.25) is 9.52 Å². The lowest BCUT2D eigenvalue weighted by molar-refractivity contribution is 0.102. The Morgan fingerprint density at radius 2 is 1.97 bits per heavy atom. The molecule has 32 heavy (non-hydrogen) atoms. The molecule has 0 bridgehead atoms. The summed E-state index contributed by atoms with van der Waals surface area (Å²) in [6.07, 6.45) is 3.51. The molecule has 8 nitrogen and oxygen atoms in total. The zero-order chi connectivity index (χ0) is 23.0. The molecule has 0 atom stereocenters. The standard InChI is InChI=1S/C19H18F3N5O3S2/c1-2-5-32(29,30)27-12-6-11(20)13(21)16(14(12)22)26-19(28)10-7-31-17-15(10)23-8-24-18(17)25-9-3-4-9/h6-9,27H,2-5H2,1H3,(H,26,28)(H,23,24,25). The fourth-order valence-corrected chi connectivity index (χ4v) is 5.07. The molecule has 1 amide bonds. The highest BCUT2D eigenvalue weighted by atomic mass is 32.2. The minimum Gasteiger partial charge on any atom is -0.366 e. The average Bonchev–Trinajstić information content (AvgIpc) is 3.44. The van der Waals surface area contributed by atoms with Crippen molar-refractivity contribution >= 4 is 54.7 Å². The largest absolute Gasteiger partial charge is 0.366 e. The third-order valence-corrected chi connectivity index (χ3v) is 7.10. The van der Waals surface area contributed by atoms with Gasteiger partial charge >= 0.3 is 0 Å². The van der Waals surface area contributed by atoms with Crippen LogP contribution in [-0.4, -0.2) is 36.1 Å². The van der Waals surface area contributed by atoms with E-state index in [1.807, 2.05) is 10.0 Å². The minimum absolute atomic E-state index is 0.0161. The van der Waals surface area contributed by atoms with Crippen molar-refractivity contribution in [2.75, 3.05) is 21.1 Å². The number of carbonyl (C=O) groups is 1. The van der Waals surface area contributed by atoms with Gasteiger partial charge in [-0.2, -0.15) is 0 Å². The first-order valence-corrected chi connectivity index (χ1v) is 12.2. The van der Waals surface area contributed by atoms with Crippen molar-refractivity contribution in [2.45, 2.75) is 32.2 Å². The monoisotopic (exact) mass is 485 g/mol. The highest BCUT2D eigenvalue weighted by Crippen LogP contribution is 2.34. The van der Waals surface area contributed by atoms with Gasteiger partial charge in [-0.15, -0.1) is 11.3 Å². The van der Waals surface area contributed by atoms with Crippen LogP contribution >= 0.6 is 11.3 Å². The number of nitrogens with zero attached hydrogens (tertiary/aromatic N) is 2. The number of aromatic nitrogens is 2. The molecule has 2 aromatic heterocycles. The second-order valence-corrected chi connectivity index (χ2v) is 9.97. The molecule has 1 saturated carbocycles. The van der Waals surface area contributed by atoms with Gasteiger partial charge < -0.3 is 10.6 Å². The Kier molecular flexibility index (Phi) is 5.95. The van der Waals surface area contributed by atoms with Gasteiger partial charge in [-0.1, -0.05) is 6.92 Å². The normalized spacial score (nSPS) is 13.9. The maximum absolute atomic E-state index is 14.8. The number of amides is 1. The van der Waals surface area contributed by atoms with Gasteiger partial charge in [0.25, 0.3) is 5.91 Å². The van der Waals surface area contributed by atoms with Crippen LogP contribution in [-0.2, 0) is 10.0 Å². The fraction of sp³-hybridized carbons (Fsp3) is 0.316. The first-order chi connectivity index (χ1) is 15.2. The predicted molar refractivity (Wildman–Crippen MR) is 116 cm³/mol. The number of nitrogens with one attached hydrogen (secondary N) is 3. The van der Waals surface area contributed by atoms with Gasteiger partial charge in [0.2, 0.25) is 10.0 Å². The first-order valence-electron chi connectivity index (χ1n) is 9.68. The van der Waals surface area contributed by atoms with Gasteiger partial charge in [0.05, 0.1) is 27.2 Å². The molecule has 170 valence electrons. The summed E-state index contributed by atoms with van der Waals surface area (Å²) in [4.78, 5) is 21.0. The van der Waals surface area contributed by atoms with Crippen LogP contribution in [0.3, 0.4) is 0 Å². The van der Waals surface area contributed by atoms with Crippen LogP contribution in [0.5, 0.6) is 0 Å². The van der Waals surface area contributed by atoms with E-state index in [0.717, 1.165) is 12.8 Å². The maximum atomic E-state index is 14.8. The number of anilines is 3. The Balaban J connectivity index is 1.66. The zero-order valence-corrected chi connectivity index (χ0v) is 18.3. The van der Waals surface area contributed by atoms with Crippen LogP contribution in [0.2, 0.25) is 0 Å². The molecule has 1 aliphatic carbocycles. The number of hydrogen-bond acceptors (Lipinski definition) is 7. The summed E-state index contributed by atoms with van der Waals surface area (Å²) in [5.41, 5.74) is -1.62. The maximum Gasteiger partial charge on any atom is 0.258 e. The molecule has 0 radical (unpaired) electrons. The molecular weight excluding hydrogens is 467 g/mol. The zero-order valence-electron chi connectivity index (χ0n) is 16.7. The molecule has 4 rings (SSSR count). The smallest absolute Gasteiger partial charge is 0.258 e. The summed E-state index contributed by atoms with van der Waals surface area (Å²) < 4.78 is 69.5. The van der Waals surface area contributed by atoms with Crippen LogP contribution in [0, 0.1) is 17.5 Å². The van der Waals surface area contributed by atoms with E-state index in [-0.39, 0.29) is 23.3 Å². The third-order valence-electron chi connectivity index (χ3n) is 4.65. The third kappa shape index (κ3) is 4.48. The highest BCUT2D eigenvalue weighted by Gasteiger charge is 2.26. The minimum atomic E-state index is -3.98. The van der Waals surface area contributed by atoms with Gasteiger partial charge in [-0.05, 0) is 19.3 Å². The molecule has 1 aliphatic rings. The second kappa shape index (κ2) is 8.54. The molecule has 0 aliphatic heterocycles. The number of halogens is 3. The number of benzene rings is 1. The molecule has 2 heterocycles. The molecule has 13 heteroatoms. The van der Waals surface area contributed by atoms with Crippen molar-refractivity contribution in [2.24, 2.45) is 0 Å². The Labute approximate surface area is 185 Å².